The normalized spacial score (nSPS) is 19.8. The van der Waals surface area contributed by atoms with Crippen molar-refractivity contribution in [1.82, 2.24) is 5.32 Å². The lowest BCUT2D eigenvalue weighted by molar-refractivity contribution is 0.479. The maximum Gasteiger partial charge on any atom is 0.0427 e. The molecule has 0 radical (unpaired) electrons. The predicted molar refractivity (Wildman–Crippen MR) is 74.5 cm³/mol. The molecule has 1 aliphatic rings. The highest BCUT2D eigenvalue weighted by atomic mass is 15.0. The van der Waals surface area contributed by atoms with Crippen molar-refractivity contribution in [3.05, 3.63) is 29.8 Å². The summed E-state index contributed by atoms with van der Waals surface area (Å²) in [4.78, 5) is 0. The first-order valence-electron chi connectivity index (χ1n) is 6.87. The molecular formula is C15H24N2. The topological polar surface area (TPSA) is 24.1 Å². The highest BCUT2D eigenvalue weighted by Gasteiger charge is 2.19. The summed E-state index contributed by atoms with van der Waals surface area (Å²) in [6.07, 6.45) is 5.06. The summed E-state index contributed by atoms with van der Waals surface area (Å²) in [5.41, 5.74) is 2.78. The van der Waals surface area contributed by atoms with Crippen LogP contribution in [0.25, 0.3) is 0 Å². The Morgan fingerprint density at radius 2 is 2.24 bits per heavy atom. The van der Waals surface area contributed by atoms with E-state index in [4.69, 9.17) is 0 Å². The van der Waals surface area contributed by atoms with Gasteiger partial charge in [-0.2, -0.15) is 0 Å². The van der Waals surface area contributed by atoms with Crippen LogP contribution in [0.5, 0.6) is 0 Å². The van der Waals surface area contributed by atoms with Crippen molar-refractivity contribution in [2.24, 2.45) is 0 Å². The third-order valence-electron chi connectivity index (χ3n) is 3.55. The lowest BCUT2D eigenvalue weighted by atomic mass is 10.1. The van der Waals surface area contributed by atoms with Crippen molar-refractivity contribution in [3.8, 4) is 0 Å². The van der Waals surface area contributed by atoms with Crippen molar-refractivity contribution >= 4 is 5.69 Å². The van der Waals surface area contributed by atoms with Gasteiger partial charge in [-0.3, -0.25) is 0 Å². The van der Waals surface area contributed by atoms with E-state index in [9.17, 15) is 0 Å². The van der Waals surface area contributed by atoms with Gasteiger partial charge in [0, 0.05) is 24.3 Å². The fourth-order valence-corrected chi connectivity index (χ4v) is 2.45. The minimum atomic E-state index is 0.566. The van der Waals surface area contributed by atoms with Gasteiger partial charge >= 0.3 is 0 Å². The second kappa shape index (κ2) is 6.06. The fourth-order valence-electron chi connectivity index (χ4n) is 2.45. The van der Waals surface area contributed by atoms with E-state index in [1.165, 1.54) is 30.5 Å². The number of fused-ring (bicyclic) bond motifs is 1. The summed E-state index contributed by atoms with van der Waals surface area (Å²) in [6.45, 7) is 5.61. The van der Waals surface area contributed by atoms with Gasteiger partial charge in [0.2, 0.25) is 0 Å². The Kier molecular flexibility index (Phi) is 4.43. The number of anilines is 1. The second-order valence-corrected chi connectivity index (χ2v) is 5.15. The van der Waals surface area contributed by atoms with Crippen molar-refractivity contribution in [2.75, 3.05) is 11.9 Å². The number of rotatable bonds is 6. The average Bonchev–Trinajstić information content (AvgIpc) is 2.76. The molecule has 1 aromatic carbocycles. The molecule has 0 amide bonds. The van der Waals surface area contributed by atoms with Crippen molar-refractivity contribution in [1.29, 1.82) is 0 Å². The molecule has 2 nitrogen and oxygen atoms in total. The molecule has 17 heavy (non-hydrogen) atoms. The minimum absolute atomic E-state index is 0.566. The van der Waals surface area contributed by atoms with E-state index in [0.717, 1.165) is 13.0 Å². The van der Waals surface area contributed by atoms with Crippen LogP contribution >= 0.6 is 0 Å². The summed E-state index contributed by atoms with van der Waals surface area (Å²) >= 11 is 0. The molecular weight excluding hydrogens is 208 g/mol. The van der Waals surface area contributed by atoms with Gasteiger partial charge in [-0.05, 0) is 31.4 Å². The molecule has 2 unspecified atom stereocenters. The number of benzene rings is 1. The van der Waals surface area contributed by atoms with E-state index >= 15 is 0 Å². The first-order chi connectivity index (χ1) is 8.29. The van der Waals surface area contributed by atoms with E-state index in [1.54, 1.807) is 0 Å². The molecule has 1 heterocycles. The summed E-state index contributed by atoms with van der Waals surface area (Å²) in [7, 11) is 0. The zero-order valence-electron chi connectivity index (χ0n) is 11.0. The van der Waals surface area contributed by atoms with Crippen LogP contribution in [0.3, 0.4) is 0 Å². The molecule has 1 aliphatic heterocycles. The lowest BCUT2D eigenvalue weighted by Gasteiger charge is -2.17. The molecule has 0 saturated carbocycles. The summed E-state index contributed by atoms with van der Waals surface area (Å²) < 4.78 is 0. The Bertz CT molecular complexity index is 324. The molecule has 0 spiro atoms. The number of para-hydroxylation sites is 1. The van der Waals surface area contributed by atoms with Crippen LogP contribution in [0.2, 0.25) is 0 Å². The minimum Gasteiger partial charge on any atom is -0.380 e. The number of unbranched alkanes of at least 4 members (excludes halogenated alkanes) is 1. The molecule has 0 fully saturated rings. The van der Waals surface area contributed by atoms with Crippen LogP contribution in [-0.2, 0) is 6.42 Å². The molecule has 0 bridgehead atoms. The molecule has 0 aliphatic carbocycles. The Balaban J connectivity index is 1.73. The van der Waals surface area contributed by atoms with E-state index in [0.29, 0.717) is 12.1 Å². The standard InChI is InChI=1S/C15H24N2/c1-3-4-7-12(2)16-11-14-10-13-8-5-6-9-15(13)17-14/h5-6,8-9,12,14,16-17H,3-4,7,10-11H2,1-2H3. The van der Waals surface area contributed by atoms with Gasteiger partial charge in [0.05, 0.1) is 0 Å². The van der Waals surface area contributed by atoms with Crippen molar-refractivity contribution in [2.45, 2.75) is 51.6 Å². The van der Waals surface area contributed by atoms with Crippen LogP contribution < -0.4 is 10.6 Å². The summed E-state index contributed by atoms with van der Waals surface area (Å²) in [5, 5.41) is 7.22. The van der Waals surface area contributed by atoms with E-state index < -0.39 is 0 Å². The van der Waals surface area contributed by atoms with Crippen LogP contribution in [-0.4, -0.2) is 18.6 Å². The Morgan fingerprint density at radius 1 is 1.41 bits per heavy atom. The van der Waals surface area contributed by atoms with Gasteiger partial charge in [-0.1, -0.05) is 38.0 Å². The highest BCUT2D eigenvalue weighted by molar-refractivity contribution is 5.56. The van der Waals surface area contributed by atoms with Crippen LogP contribution in [0.4, 0.5) is 5.69 Å². The van der Waals surface area contributed by atoms with E-state index in [1.807, 2.05) is 0 Å². The molecule has 0 aromatic heterocycles. The Labute approximate surface area is 105 Å². The largest absolute Gasteiger partial charge is 0.380 e. The molecule has 0 saturated heterocycles. The maximum atomic E-state index is 3.63. The molecule has 2 heteroatoms. The summed E-state index contributed by atoms with van der Waals surface area (Å²) in [6, 6.07) is 9.83. The van der Waals surface area contributed by atoms with Gasteiger partial charge in [0.25, 0.3) is 0 Å². The van der Waals surface area contributed by atoms with Crippen molar-refractivity contribution < 1.29 is 0 Å². The van der Waals surface area contributed by atoms with E-state index in [2.05, 4.69) is 48.7 Å². The maximum absolute atomic E-state index is 3.63. The Hall–Kier alpha value is -1.02. The quantitative estimate of drug-likeness (QED) is 0.787. The lowest BCUT2D eigenvalue weighted by Crippen LogP contribution is -2.36. The zero-order chi connectivity index (χ0) is 12.1. The first kappa shape index (κ1) is 12.4. The molecule has 2 atom stereocenters. The molecule has 2 rings (SSSR count). The van der Waals surface area contributed by atoms with Crippen LogP contribution in [0, 0.1) is 0 Å². The van der Waals surface area contributed by atoms with Gasteiger partial charge < -0.3 is 10.6 Å². The van der Waals surface area contributed by atoms with Gasteiger partial charge in [0.15, 0.2) is 0 Å². The average molecular weight is 232 g/mol. The van der Waals surface area contributed by atoms with E-state index in [-0.39, 0.29) is 0 Å². The van der Waals surface area contributed by atoms with Gasteiger partial charge in [0.1, 0.15) is 0 Å². The number of nitrogens with one attached hydrogen (secondary N) is 2. The Morgan fingerprint density at radius 3 is 3.00 bits per heavy atom. The molecule has 2 N–H and O–H groups in total. The smallest absolute Gasteiger partial charge is 0.0427 e. The zero-order valence-corrected chi connectivity index (χ0v) is 11.0. The highest BCUT2D eigenvalue weighted by Crippen LogP contribution is 2.24. The van der Waals surface area contributed by atoms with Crippen LogP contribution in [0.1, 0.15) is 38.7 Å². The first-order valence-corrected chi connectivity index (χ1v) is 6.87. The second-order valence-electron chi connectivity index (χ2n) is 5.15. The fraction of sp³-hybridized carbons (Fsp3) is 0.600. The number of hydrogen-bond acceptors (Lipinski definition) is 2. The number of hydrogen-bond donors (Lipinski definition) is 2. The third kappa shape index (κ3) is 3.47. The van der Waals surface area contributed by atoms with Gasteiger partial charge in [-0.15, -0.1) is 0 Å². The monoisotopic (exact) mass is 232 g/mol. The van der Waals surface area contributed by atoms with Crippen molar-refractivity contribution in [3.63, 3.8) is 0 Å². The molecule has 94 valence electrons. The SMILES string of the molecule is CCCCC(C)NCC1Cc2ccccc2N1. The third-order valence-corrected chi connectivity index (χ3v) is 3.55. The van der Waals surface area contributed by atoms with Crippen LogP contribution in [0.15, 0.2) is 24.3 Å². The van der Waals surface area contributed by atoms with Gasteiger partial charge in [-0.25, -0.2) is 0 Å². The summed E-state index contributed by atoms with van der Waals surface area (Å²) in [5.74, 6) is 0. The molecule has 1 aromatic rings. The predicted octanol–water partition coefficient (Wildman–Crippen LogP) is 3.19.